The minimum Gasteiger partial charge on any atom is -0.493 e. The summed E-state index contributed by atoms with van der Waals surface area (Å²) in [6.45, 7) is 0.338. The number of nitrogens with one attached hydrogen (secondary N) is 2. The number of benzene rings is 2. The second-order valence-electron chi connectivity index (χ2n) is 5.59. The Labute approximate surface area is 163 Å². The molecular weight excluding hydrogens is 416 g/mol. The SMILES string of the molecule is COc1cc(C=C2C(=O)NC(=O)NC2=O)ccc1OCc1ccccc1Br. The van der Waals surface area contributed by atoms with Crippen molar-refractivity contribution in [2.24, 2.45) is 0 Å². The third kappa shape index (κ3) is 4.35. The number of rotatable bonds is 5. The smallest absolute Gasteiger partial charge is 0.328 e. The number of imide groups is 2. The van der Waals surface area contributed by atoms with Gasteiger partial charge in [-0.3, -0.25) is 20.2 Å². The lowest BCUT2D eigenvalue weighted by molar-refractivity contribution is -0.123. The van der Waals surface area contributed by atoms with Crippen LogP contribution in [0, 0.1) is 0 Å². The number of amides is 4. The Balaban J connectivity index is 1.81. The lowest BCUT2D eigenvalue weighted by atomic mass is 10.1. The molecule has 0 aliphatic carbocycles. The number of halogens is 1. The average Bonchev–Trinajstić information content (AvgIpc) is 2.64. The Morgan fingerprint density at radius 1 is 1.00 bits per heavy atom. The zero-order valence-electron chi connectivity index (χ0n) is 14.2. The third-order valence-electron chi connectivity index (χ3n) is 3.78. The molecule has 2 aromatic rings. The molecule has 1 aliphatic heterocycles. The van der Waals surface area contributed by atoms with E-state index in [4.69, 9.17) is 9.47 Å². The quantitative estimate of drug-likeness (QED) is 0.561. The van der Waals surface area contributed by atoms with Crippen LogP contribution in [0.1, 0.15) is 11.1 Å². The lowest BCUT2D eigenvalue weighted by Crippen LogP contribution is -2.51. The number of methoxy groups -OCH3 is 1. The highest BCUT2D eigenvalue weighted by atomic mass is 79.9. The number of carbonyl (C=O) groups excluding carboxylic acids is 3. The maximum absolute atomic E-state index is 11.8. The van der Waals surface area contributed by atoms with Crippen molar-refractivity contribution in [3.8, 4) is 11.5 Å². The van der Waals surface area contributed by atoms with Crippen molar-refractivity contribution in [1.82, 2.24) is 10.6 Å². The van der Waals surface area contributed by atoms with E-state index in [9.17, 15) is 14.4 Å². The van der Waals surface area contributed by atoms with Gasteiger partial charge in [-0.15, -0.1) is 0 Å². The number of carbonyl (C=O) groups is 3. The fourth-order valence-electron chi connectivity index (χ4n) is 2.44. The summed E-state index contributed by atoms with van der Waals surface area (Å²) in [7, 11) is 1.50. The lowest BCUT2D eigenvalue weighted by Gasteiger charge is -2.15. The van der Waals surface area contributed by atoms with E-state index < -0.39 is 17.8 Å². The minimum absolute atomic E-state index is 0.168. The minimum atomic E-state index is -0.837. The molecule has 1 saturated heterocycles. The first-order valence-electron chi connectivity index (χ1n) is 7.90. The topological polar surface area (TPSA) is 93.7 Å². The zero-order valence-corrected chi connectivity index (χ0v) is 15.8. The molecule has 1 heterocycles. The first-order chi connectivity index (χ1) is 13.0. The Hall–Kier alpha value is -3.13. The molecular formula is C19H15BrN2O5. The summed E-state index contributed by atoms with van der Waals surface area (Å²) in [4.78, 5) is 34.7. The summed E-state index contributed by atoms with van der Waals surface area (Å²) in [6.07, 6.45) is 1.37. The molecule has 0 unspecified atom stereocenters. The molecule has 7 nitrogen and oxygen atoms in total. The molecule has 2 aromatic carbocycles. The molecule has 0 spiro atoms. The molecule has 0 bridgehead atoms. The first kappa shape index (κ1) is 18.7. The van der Waals surface area contributed by atoms with Crippen LogP contribution in [0.5, 0.6) is 11.5 Å². The van der Waals surface area contributed by atoms with E-state index in [1.807, 2.05) is 34.9 Å². The van der Waals surface area contributed by atoms with Gasteiger partial charge in [0.25, 0.3) is 11.8 Å². The number of hydrogen-bond acceptors (Lipinski definition) is 5. The molecule has 0 aromatic heterocycles. The van der Waals surface area contributed by atoms with Gasteiger partial charge < -0.3 is 9.47 Å². The van der Waals surface area contributed by atoms with Crippen molar-refractivity contribution in [3.63, 3.8) is 0 Å². The van der Waals surface area contributed by atoms with Gasteiger partial charge in [-0.1, -0.05) is 40.2 Å². The largest absolute Gasteiger partial charge is 0.493 e. The van der Waals surface area contributed by atoms with Crippen LogP contribution in [0.3, 0.4) is 0 Å². The Bertz CT molecular complexity index is 933. The van der Waals surface area contributed by atoms with Crippen LogP contribution in [0.2, 0.25) is 0 Å². The van der Waals surface area contributed by atoms with Crippen LogP contribution in [0.4, 0.5) is 4.79 Å². The summed E-state index contributed by atoms with van der Waals surface area (Å²) < 4.78 is 12.1. The second-order valence-corrected chi connectivity index (χ2v) is 6.44. The normalized spacial score (nSPS) is 13.7. The third-order valence-corrected chi connectivity index (χ3v) is 4.56. The highest BCUT2D eigenvalue weighted by molar-refractivity contribution is 9.10. The standard InChI is InChI=1S/C19H15BrN2O5/c1-26-16-9-11(8-13-17(23)21-19(25)22-18(13)24)6-7-15(16)27-10-12-4-2-3-5-14(12)20/h2-9H,10H2,1H3,(H2,21,22,23,24,25). The van der Waals surface area contributed by atoms with Gasteiger partial charge in [0.05, 0.1) is 7.11 Å². The van der Waals surface area contributed by atoms with E-state index in [-0.39, 0.29) is 5.57 Å². The number of urea groups is 1. The Morgan fingerprint density at radius 3 is 2.37 bits per heavy atom. The van der Waals surface area contributed by atoms with E-state index in [2.05, 4.69) is 15.9 Å². The van der Waals surface area contributed by atoms with Gasteiger partial charge in [-0.25, -0.2) is 4.79 Å². The van der Waals surface area contributed by atoms with Gasteiger partial charge in [0.1, 0.15) is 12.2 Å². The highest BCUT2D eigenvalue weighted by Crippen LogP contribution is 2.30. The average molecular weight is 431 g/mol. The predicted octanol–water partition coefficient (Wildman–Crippen LogP) is 2.79. The van der Waals surface area contributed by atoms with Crippen LogP contribution < -0.4 is 20.1 Å². The van der Waals surface area contributed by atoms with Crippen molar-refractivity contribution >= 4 is 39.9 Å². The maximum Gasteiger partial charge on any atom is 0.328 e. The van der Waals surface area contributed by atoms with Crippen molar-refractivity contribution in [2.45, 2.75) is 6.61 Å². The molecule has 0 radical (unpaired) electrons. The van der Waals surface area contributed by atoms with Crippen LogP contribution in [0.25, 0.3) is 6.08 Å². The molecule has 138 valence electrons. The van der Waals surface area contributed by atoms with E-state index in [0.29, 0.717) is 23.7 Å². The van der Waals surface area contributed by atoms with E-state index in [1.54, 1.807) is 18.2 Å². The summed E-state index contributed by atoms with van der Waals surface area (Å²) in [5.41, 5.74) is 1.36. The fraction of sp³-hybridized carbons (Fsp3) is 0.105. The van der Waals surface area contributed by atoms with Crippen molar-refractivity contribution < 1.29 is 23.9 Å². The molecule has 0 saturated carbocycles. The predicted molar refractivity (Wildman–Crippen MR) is 101 cm³/mol. The van der Waals surface area contributed by atoms with E-state index in [0.717, 1.165) is 10.0 Å². The van der Waals surface area contributed by atoms with Gasteiger partial charge in [-0.05, 0) is 29.8 Å². The Morgan fingerprint density at radius 2 is 1.70 bits per heavy atom. The summed E-state index contributed by atoms with van der Waals surface area (Å²) in [6, 6.07) is 11.9. The molecule has 2 N–H and O–H groups in total. The fourth-order valence-corrected chi connectivity index (χ4v) is 2.84. The van der Waals surface area contributed by atoms with E-state index >= 15 is 0 Å². The molecule has 3 rings (SSSR count). The van der Waals surface area contributed by atoms with Crippen LogP contribution >= 0.6 is 15.9 Å². The molecule has 4 amide bonds. The van der Waals surface area contributed by atoms with Gasteiger partial charge in [0, 0.05) is 10.0 Å². The van der Waals surface area contributed by atoms with Crippen LogP contribution in [0.15, 0.2) is 52.5 Å². The molecule has 1 aliphatic rings. The second kappa shape index (κ2) is 8.05. The molecule has 27 heavy (non-hydrogen) atoms. The summed E-state index contributed by atoms with van der Waals surface area (Å²) >= 11 is 3.47. The zero-order chi connectivity index (χ0) is 19.4. The molecule has 8 heteroatoms. The monoisotopic (exact) mass is 430 g/mol. The number of ether oxygens (including phenoxy) is 2. The molecule has 1 fully saturated rings. The number of hydrogen-bond donors (Lipinski definition) is 2. The van der Waals surface area contributed by atoms with Gasteiger partial charge in [-0.2, -0.15) is 0 Å². The van der Waals surface area contributed by atoms with Gasteiger partial charge >= 0.3 is 6.03 Å². The van der Waals surface area contributed by atoms with Gasteiger partial charge in [0.2, 0.25) is 0 Å². The summed E-state index contributed by atoms with van der Waals surface area (Å²) in [5, 5.41) is 4.05. The maximum atomic E-state index is 11.8. The van der Waals surface area contributed by atoms with Crippen molar-refractivity contribution in [2.75, 3.05) is 7.11 Å². The van der Waals surface area contributed by atoms with Crippen molar-refractivity contribution in [3.05, 3.63) is 63.6 Å². The van der Waals surface area contributed by atoms with Crippen molar-refractivity contribution in [1.29, 1.82) is 0 Å². The highest BCUT2D eigenvalue weighted by Gasteiger charge is 2.27. The van der Waals surface area contributed by atoms with E-state index in [1.165, 1.54) is 13.2 Å². The Kier molecular flexibility index (Phi) is 5.56. The number of barbiturate groups is 1. The summed E-state index contributed by atoms with van der Waals surface area (Å²) in [5.74, 6) is -0.541. The van der Waals surface area contributed by atoms with Gasteiger partial charge in [0.15, 0.2) is 11.5 Å². The van der Waals surface area contributed by atoms with Crippen LogP contribution in [-0.2, 0) is 16.2 Å². The van der Waals surface area contributed by atoms with Crippen LogP contribution in [-0.4, -0.2) is 25.0 Å². The molecule has 0 atom stereocenters. The first-order valence-corrected chi connectivity index (χ1v) is 8.70.